The number of anilines is 2. The molecule has 3 N–H and O–H groups in total. The summed E-state index contributed by atoms with van der Waals surface area (Å²) in [7, 11) is 3.35. The van der Waals surface area contributed by atoms with Crippen LogP contribution in [0.1, 0.15) is 23.0 Å². The molecule has 1 aromatic heterocycles. The third-order valence-corrected chi connectivity index (χ3v) is 2.99. The Balaban J connectivity index is 0.00000220. The zero-order valence-electron chi connectivity index (χ0n) is 12.2. The van der Waals surface area contributed by atoms with Gasteiger partial charge in [-0.3, -0.25) is 9.48 Å². The smallest absolute Gasteiger partial charge is 0.259 e. The molecule has 21 heavy (non-hydrogen) atoms. The van der Waals surface area contributed by atoms with Crippen LogP contribution >= 0.6 is 12.4 Å². The second kappa shape index (κ2) is 6.99. The number of nitrogens with one attached hydrogen (secondary N) is 1. The van der Waals surface area contributed by atoms with Gasteiger partial charge in [0.2, 0.25) is 0 Å². The van der Waals surface area contributed by atoms with Crippen molar-refractivity contribution in [2.45, 2.75) is 13.3 Å². The molecule has 2 aromatic rings. The van der Waals surface area contributed by atoms with Gasteiger partial charge in [0.1, 0.15) is 5.75 Å². The predicted molar refractivity (Wildman–Crippen MR) is 85.2 cm³/mol. The van der Waals surface area contributed by atoms with Crippen LogP contribution in [-0.2, 0) is 13.5 Å². The number of nitrogens with two attached hydrogens (primary N) is 1. The molecule has 6 nitrogen and oxygen atoms in total. The summed E-state index contributed by atoms with van der Waals surface area (Å²) in [6, 6.07) is 5.13. The van der Waals surface area contributed by atoms with E-state index in [0.29, 0.717) is 29.1 Å². The Morgan fingerprint density at radius 1 is 1.48 bits per heavy atom. The Morgan fingerprint density at radius 3 is 2.81 bits per heavy atom. The highest BCUT2D eigenvalue weighted by molar-refractivity contribution is 6.06. The van der Waals surface area contributed by atoms with Crippen molar-refractivity contribution in [1.29, 1.82) is 0 Å². The maximum atomic E-state index is 12.3. The van der Waals surface area contributed by atoms with Crippen LogP contribution in [0.2, 0.25) is 0 Å². The highest BCUT2D eigenvalue weighted by Crippen LogP contribution is 2.25. The first-order valence-corrected chi connectivity index (χ1v) is 6.32. The summed E-state index contributed by atoms with van der Waals surface area (Å²) in [6.07, 6.45) is 2.39. The van der Waals surface area contributed by atoms with Crippen molar-refractivity contribution in [2.24, 2.45) is 7.05 Å². The number of rotatable bonds is 4. The van der Waals surface area contributed by atoms with Gasteiger partial charge in [-0.15, -0.1) is 12.4 Å². The number of nitrogen functional groups attached to an aromatic ring is 1. The van der Waals surface area contributed by atoms with Gasteiger partial charge in [0.25, 0.3) is 5.91 Å². The molecule has 1 heterocycles. The number of carbonyl (C=O) groups is 1. The minimum Gasteiger partial charge on any atom is -0.497 e. The third kappa shape index (κ3) is 3.66. The summed E-state index contributed by atoms with van der Waals surface area (Å²) in [5.74, 6) is 0.409. The first-order valence-electron chi connectivity index (χ1n) is 6.32. The minimum atomic E-state index is -0.227. The lowest BCUT2D eigenvalue weighted by molar-refractivity contribution is 0.102. The molecule has 0 fully saturated rings. The van der Waals surface area contributed by atoms with E-state index in [1.807, 2.05) is 6.92 Å². The van der Waals surface area contributed by atoms with Gasteiger partial charge >= 0.3 is 0 Å². The van der Waals surface area contributed by atoms with Crippen LogP contribution in [0.15, 0.2) is 24.4 Å². The van der Waals surface area contributed by atoms with Gasteiger partial charge in [0.05, 0.1) is 29.7 Å². The fourth-order valence-corrected chi connectivity index (χ4v) is 1.95. The van der Waals surface area contributed by atoms with E-state index in [1.165, 1.54) is 0 Å². The Bertz CT molecular complexity index is 640. The second-order valence-corrected chi connectivity index (χ2v) is 4.42. The van der Waals surface area contributed by atoms with Gasteiger partial charge in [0.15, 0.2) is 0 Å². The van der Waals surface area contributed by atoms with Crippen molar-refractivity contribution in [2.75, 3.05) is 18.2 Å². The summed E-state index contributed by atoms with van der Waals surface area (Å²) in [5, 5.41) is 7.04. The lowest BCUT2D eigenvalue weighted by Gasteiger charge is -2.09. The molecule has 0 aliphatic carbocycles. The van der Waals surface area contributed by atoms with Crippen molar-refractivity contribution < 1.29 is 9.53 Å². The molecular weight excluding hydrogens is 292 g/mol. The Morgan fingerprint density at radius 2 is 2.19 bits per heavy atom. The van der Waals surface area contributed by atoms with Gasteiger partial charge in [-0.05, 0) is 18.6 Å². The summed E-state index contributed by atoms with van der Waals surface area (Å²) in [6.45, 7) is 1.96. The number of carbonyl (C=O) groups excluding carboxylic acids is 1. The lowest BCUT2D eigenvalue weighted by atomic mass is 10.2. The monoisotopic (exact) mass is 310 g/mol. The quantitative estimate of drug-likeness (QED) is 0.849. The fraction of sp³-hybridized carbons (Fsp3) is 0.286. The number of halogens is 1. The Labute approximate surface area is 129 Å². The summed E-state index contributed by atoms with van der Waals surface area (Å²) >= 11 is 0. The van der Waals surface area contributed by atoms with Crippen LogP contribution < -0.4 is 15.8 Å². The van der Waals surface area contributed by atoms with Gasteiger partial charge in [-0.2, -0.15) is 5.10 Å². The van der Waals surface area contributed by atoms with E-state index in [0.717, 1.165) is 5.69 Å². The molecule has 114 valence electrons. The number of amides is 1. The van der Waals surface area contributed by atoms with E-state index in [4.69, 9.17) is 10.5 Å². The van der Waals surface area contributed by atoms with Crippen molar-refractivity contribution in [3.05, 3.63) is 35.7 Å². The van der Waals surface area contributed by atoms with E-state index in [-0.39, 0.29) is 18.3 Å². The van der Waals surface area contributed by atoms with Crippen LogP contribution in [0.4, 0.5) is 11.4 Å². The fourth-order valence-electron chi connectivity index (χ4n) is 1.95. The molecule has 0 bridgehead atoms. The molecule has 1 amide bonds. The Hall–Kier alpha value is -2.21. The molecule has 0 saturated heterocycles. The number of benzene rings is 1. The average Bonchev–Trinajstić information content (AvgIpc) is 2.82. The lowest BCUT2D eigenvalue weighted by Crippen LogP contribution is -2.14. The van der Waals surface area contributed by atoms with Crippen molar-refractivity contribution >= 4 is 29.7 Å². The van der Waals surface area contributed by atoms with Gasteiger partial charge in [0, 0.05) is 19.3 Å². The molecule has 1 aromatic carbocycles. The standard InChI is InChI=1S/C14H18N4O2.ClH/c1-4-12-10(8-18(2)17-12)14(19)16-13-7-9(20-3)5-6-11(13)15;/h5-8H,4,15H2,1-3H3,(H,16,19);1H. The van der Waals surface area contributed by atoms with Crippen LogP contribution in [0.5, 0.6) is 5.75 Å². The second-order valence-electron chi connectivity index (χ2n) is 4.42. The van der Waals surface area contributed by atoms with E-state index in [1.54, 1.807) is 43.2 Å². The summed E-state index contributed by atoms with van der Waals surface area (Å²) in [4.78, 5) is 12.3. The third-order valence-electron chi connectivity index (χ3n) is 2.99. The molecule has 2 rings (SSSR count). The van der Waals surface area contributed by atoms with Crippen LogP contribution in [-0.4, -0.2) is 22.8 Å². The van der Waals surface area contributed by atoms with Crippen LogP contribution in [0.3, 0.4) is 0 Å². The number of ether oxygens (including phenoxy) is 1. The number of methoxy groups -OCH3 is 1. The molecule has 0 aliphatic rings. The molecule has 0 spiro atoms. The average molecular weight is 311 g/mol. The zero-order valence-corrected chi connectivity index (χ0v) is 13.0. The van der Waals surface area contributed by atoms with E-state index < -0.39 is 0 Å². The number of aryl methyl sites for hydroxylation is 2. The first-order chi connectivity index (χ1) is 9.55. The topological polar surface area (TPSA) is 82.2 Å². The molecule has 0 saturated carbocycles. The number of aromatic nitrogens is 2. The molecular formula is C14H19ClN4O2. The Kier molecular flexibility index (Phi) is 5.60. The van der Waals surface area contributed by atoms with Crippen molar-refractivity contribution in [1.82, 2.24) is 9.78 Å². The maximum absolute atomic E-state index is 12.3. The summed E-state index contributed by atoms with van der Waals surface area (Å²) in [5.41, 5.74) is 8.18. The maximum Gasteiger partial charge on any atom is 0.259 e. The van der Waals surface area contributed by atoms with E-state index in [2.05, 4.69) is 10.4 Å². The predicted octanol–water partition coefficient (Wildman–Crippen LogP) is 2.25. The summed E-state index contributed by atoms with van der Waals surface area (Å²) < 4.78 is 6.75. The van der Waals surface area contributed by atoms with Crippen molar-refractivity contribution in [3.63, 3.8) is 0 Å². The normalized spacial score (nSPS) is 9.86. The van der Waals surface area contributed by atoms with Gasteiger partial charge in [-0.1, -0.05) is 6.92 Å². The van der Waals surface area contributed by atoms with Crippen molar-refractivity contribution in [3.8, 4) is 5.75 Å². The van der Waals surface area contributed by atoms with Gasteiger partial charge in [-0.25, -0.2) is 0 Å². The van der Waals surface area contributed by atoms with Crippen LogP contribution in [0, 0.1) is 0 Å². The number of hydrogen-bond acceptors (Lipinski definition) is 4. The number of hydrogen-bond donors (Lipinski definition) is 2. The molecule has 0 atom stereocenters. The first kappa shape index (κ1) is 16.8. The van der Waals surface area contributed by atoms with E-state index in [9.17, 15) is 4.79 Å². The molecule has 0 unspecified atom stereocenters. The molecule has 0 aliphatic heterocycles. The number of nitrogens with zero attached hydrogens (tertiary/aromatic N) is 2. The largest absolute Gasteiger partial charge is 0.497 e. The molecule has 7 heteroatoms. The highest BCUT2D eigenvalue weighted by atomic mass is 35.5. The van der Waals surface area contributed by atoms with Crippen LogP contribution in [0.25, 0.3) is 0 Å². The SMILES string of the molecule is CCc1nn(C)cc1C(=O)Nc1cc(OC)ccc1N.Cl. The highest BCUT2D eigenvalue weighted by Gasteiger charge is 2.15. The minimum absolute atomic E-state index is 0. The van der Waals surface area contributed by atoms with Gasteiger partial charge < -0.3 is 15.8 Å². The van der Waals surface area contributed by atoms with E-state index >= 15 is 0 Å². The molecule has 0 radical (unpaired) electrons. The zero-order chi connectivity index (χ0) is 14.7.